The second-order valence-electron chi connectivity index (χ2n) is 6.02. The highest BCUT2D eigenvalue weighted by Crippen LogP contribution is 2.21. The highest BCUT2D eigenvalue weighted by molar-refractivity contribution is 7.91. The van der Waals surface area contributed by atoms with E-state index < -0.39 is 9.84 Å². The zero-order valence-corrected chi connectivity index (χ0v) is 12.4. The number of rotatable bonds is 3. The van der Waals surface area contributed by atoms with Crippen LogP contribution >= 0.6 is 0 Å². The highest BCUT2D eigenvalue weighted by Gasteiger charge is 2.27. The van der Waals surface area contributed by atoms with E-state index in [4.69, 9.17) is 0 Å². The lowest BCUT2D eigenvalue weighted by molar-refractivity contribution is 0.182. The summed E-state index contributed by atoms with van der Waals surface area (Å²) in [4.78, 5) is 2.39. The Kier molecular flexibility index (Phi) is 4.67. The third kappa shape index (κ3) is 3.93. The van der Waals surface area contributed by atoms with Crippen molar-refractivity contribution in [1.82, 2.24) is 10.2 Å². The molecule has 2 rings (SSSR count). The van der Waals surface area contributed by atoms with E-state index in [9.17, 15) is 8.42 Å². The molecule has 0 amide bonds. The molecule has 0 aromatic rings. The van der Waals surface area contributed by atoms with Crippen LogP contribution in [-0.4, -0.2) is 57.0 Å². The molecule has 2 heterocycles. The van der Waals surface area contributed by atoms with Gasteiger partial charge in [0.05, 0.1) is 11.5 Å². The SMILES string of the molecule is CC(NC1CCS(=O)(=O)CC1)C1CCN(C)CC1. The number of sulfone groups is 1. The molecule has 0 saturated carbocycles. The van der Waals surface area contributed by atoms with E-state index in [2.05, 4.69) is 24.2 Å². The normalized spacial score (nSPS) is 29.2. The standard InChI is InChI=1S/C13H26N2O2S/c1-11(12-3-7-15(2)8-4-12)14-13-5-9-18(16,17)10-6-13/h11-14H,3-10H2,1-2H3. The molecule has 2 aliphatic heterocycles. The van der Waals surface area contributed by atoms with Crippen molar-refractivity contribution in [2.24, 2.45) is 5.92 Å². The van der Waals surface area contributed by atoms with Gasteiger partial charge in [0.25, 0.3) is 0 Å². The Labute approximate surface area is 111 Å². The van der Waals surface area contributed by atoms with Gasteiger partial charge in [-0.25, -0.2) is 8.42 Å². The Morgan fingerprint density at radius 2 is 1.67 bits per heavy atom. The molecule has 2 aliphatic rings. The number of hydrogen-bond donors (Lipinski definition) is 1. The highest BCUT2D eigenvalue weighted by atomic mass is 32.2. The van der Waals surface area contributed by atoms with Crippen molar-refractivity contribution in [3.05, 3.63) is 0 Å². The summed E-state index contributed by atoms with van der Waals surface area (Å²) >= 11 is 0. The molecule has 1 N–H and O–H groups in total. The first-order valence-electron chi connectivity index (χ1n) is 7.11. The lowest BCUT2D eigenvalue weighted by atomic mass is 9.90. The van der Waals surface area contributed by atoms with Crippen LogP contribution in [0.3, 0.4) is 0 Å². The summed E-state index contributed by atoms with van der Waals surface area (Å²) in [5, 5.41) is 3.66. The molecule has 18 heavy (non-hydrogen) atoms. The van der Waals surface area contributed by atoms with Crippen molar-refractivity contribution >= 4 is 9.84 Å². The van der Waals surface area contributed by atoms with Crippen molar-refractivity contribution < 1.29 is 8.42 Å². The van der Waals surface area contributed by atoms with Gasteiger partial charge < -0.3 is 10.2 Å². The summed E-state index contributed by atoms with van der Waals surface area (Å²) in [5.41, 5.74) is 0. The smallest absolute Gasteiger partial charge is 0.150 e. The van der Waals surface area contributed by atoms with Gasteiger partial charge in [0.15, 0.2) is 0 Å². The van der Waals surface area contributed by atoms with Crippen molar-refractivity contribution in [1.29, 1.82) is 0 Å². The van der Waals surface area contributed by atoms with E-state index >= 15 is 0 Å². The molecule has 5 heteroatoms. The van der Waals surface area contributed by atoms with E-state index in [1.807, 2.05) is 0 Å². The van der Waals surface area contributed by atoms with Crippen LogP contribution in [-0.2, 0) is 9.84 Å². The Morgan fingerprint density at radius 3 is 2.22 bits per heavy atom. The third-order valence-corrected chi connectivity index (χ3v) is 6.24. The molecule has 0 aromatic heterocycles. The van der Waals surface area contributed by atoms with Gasteiger partial charge in [-0.2, -0.15) is 0 Å². The van der Waals surface area contributed by atoms with Gasteiger partial charge in [0.1, 0.15) is 9.84 Å². The van der Waals surface area contributed by atoms with Crippen molar-refractivity contribution in [2.45, 2.75) is 44.7 Å². The molecule has 1 unspecified atom stereocenters. The predicted molar refractivity (Wildman–Crippen MR) is 74.5 cm³/mol. The molecular weight excluding hydrogens is 248 g/mol. The molecular formula is C13H26N2O2S. The van der Waals surface area contributed by atoms with Crippen LogP contribution in [0.4, 0.5) is 0 Å². The average molecular weight is 274 g/mol. The van der Waals surface area contributed by atoms with Gasteiger partial charge >= 0.3 is 0 Å². The predicted octanol–water partition coefficient (Wildman–Crippen LogP) is 0.884. The minimum atomic E-state index is -2.73. The first-order chi connectivity index (χ1) is 8.46. The second kappa shape index (κ2) is 5.88. The van der Waals surface area contributed by atoms with E-state index in [1.165, 1.54) is 25.9 Å². The number of nitrogens with one attached hydrogen (secondary N) is 1. The Morgan fingerprint density at radius 1 is 1.11 bits per heavy atom. The molecule has 0 aliphatic carbocycles. The fourth-order valence-corrected chi connectivity index (χ4v) is 4.58. The van der Waals surface area contributed by atoms with Crippen LogP contribution in [0, 0.1) is 5.92 Å². The van der Waals surface area contributed by atoms with Gasteiger partial charge in [0, 0.05) is 12.1 Å². The first-order valence-corrected chi connectivity index (χ1v) is 8.93. The fraction of sp³-hybridized carbons (Fsp3) is 1.00. The van der Waals surface area contributed by atoms with Gasteiger partial charge in [0.2, 0.25) is 0 Å². The fourth-order valence-electron chi connectivity index (χ4n) is 3.09. The number of likely N-dealkylation sites (tertiary alicyclic amines) is 1. The average Bonchev–Trinajstić information content (AvgIpc) is 2.33. The molecule has 0 aromatic carbocycles. The van der Waals surface area contributed by atoms with Gasteiger partial charge in [-0.15, -0.1) is 0 Å². The summed E-state index contributed by atoms with van der Waals surface area (Å²) in [7, 11) is -0.549. The minimum Gasteiger partial charge on any atom is -0.311 e. The lowest BCUT2D eigenvalue weighted by Crippen LogP contribution is -2.47. The summed E-state index contributed by atoms with van der Waals surface area (Å²) in [6.07, 6.45) is 4.10. The zero-order chi connectivity index (χ0) is 13.2. The van der Waals surface area contributed by atoms with Gasteiger partial charge in [-0.05, 0) is 58.7 Å². The topological polar surface area (TPSA) is 49.4 Å². The molecule has 106 valence electrons. The number of hydrogen-bond acceptors (Lipinski definition) is 4. The molecule has 0 radical (unpaired) electrons. The van der Waals surface area contributed by atoms with E-state index in [-0.39, 0.29) is 0 Å². The first kappa shape index (κ1) is 14.3. The summed E-state index contributed by atoms with van der Waals surface area (Å²) < 4.78 is 22.8. The Hall–Kier alpha value is -0.130. The summed E-state index contributed by atoms with van der Waals surface area (Å²) in [6, 6.07) is 0.924. The molecule has 0 bridgehead atoms. The van der Waals surface area contributed by atoms with Gasteiger partial charge in [-0.1, -0.05) is 0 Å². The van der Waals surface area contributed by atoms with Crippen LogP contribution in [0.2, 0.25) is 0 Å². The number of nitrogens with zero attached hydrogens (tertiary/aromatic N) is 1. The molecule has 4 nitrogen and oxygen atoms in total. The maximum absolute atomic E-state index is 11.4. The molecule has 2 saturated heterocycles. The van der Waals surface area contributed by atoms with Crippen LogP contribution in [0.5, 0.6) is 0 Å². The molecule has 2 fully saturated rings. The Bertz CT molecular complexity index is 347. The van der Waals surface area contributed by atoms with Gasteiger partial charge in [-0.3, -0.25) is 0 Å². The molecule has 0 spiro atoms. The Balaban J connectivity index is 1.76. The molecule has 1 atom stereocenters. The monoisotopic (exact) mass is 274 g/mol. The van der Waals surface area contributed by atoms with Crippen molar-refractivity contribution in [3.8, 4) is 0 Å². The van der Waals surface area contributed by atoms with Crippen LogP contribution in [0.15, 0.2) is 0 Å². The zero-order valence-electron chi connectivity index (χ0n) is 11.6. The maximum atomic E-state index is 11.4. The van der Waals surface area contributed by atoms with Crippen LogP contribution < -0.4 is 5.32 Å². The third-order valence-electron chi connectivity index (χ3n) is 4.52. The largest absolute Gasteiger partial charge is 0.311 e. The van der Waals surface area contributed by atoms with Crippen molar-refractivity contribution in [2.75, 3.05) is 31.6 Å². The lowest BCUT2D eigenvalue weighted by Gasteiger charge is -2.35. The summed E-state index contributed by atoms with van der Waals surface area (Å²) in [5.74, 6) is 1.48. The van der Waals surface area contributed by atoms with E-state index in [0.29, 0.717) is 23.6 Å². The number of piperidine rings is 1. The second-order valence-corrected chi connectivity index (χ2v) is 8.33. The minimum absolute atomic E-state index is 0.366. The van der Waals surface area contributed by atoms with Crippen LogP contribution in [0.1, 0.15) is 32.6 Å². The van der Waals surface area contributed by atoms with E-state index in [0.717, 1.165) is 18.8 Å². The summed E-state index contributed by atoms with van der Waals surface area (Å²) in [6.45, 7) is 4.64. The maximum Gasteiger partial charge on any atom is 0.150 e. The van der Waals surface area contributed by atoms with Crippen LogP contribution in [0.25, 0.3) is 0 Å². The van der Waals surface area contributed by atoms with E-state index in [1.54, 1.807) is 0 Å². The van der Waals surface area contributed by atoms with Crippen molar-refractivity contribution in [3.63, 3.8) is 0 Å². The quantitative estimate of drug-likeness (QED) is 0.830.